The molecule has 1 aromatic rings. The molecule has 10 heteroatoms. The molecule has 0 aromatic heterocycles. The number of carbonyl (C=O) groups excluding carboxylic acids is 2. The first-order valence-electron chi connectivity index (χ1n) is 17.5. The Bertz CT molecular complexity index is 1090. The van der Waals surface area contributed by atoms with Gasteiger partial charge >= 0.3 is 19.7 Å². The van der Waals surface area contributed by atoms with E-state index in [1.807, 2.05) is 13.8 Å². The Morgan fingerprint density at radius 2 is 1.61 bits per heavy atom. The number of hydrogen-bond acceptors (Lipinski definition) is 8. The molecular formula is C36H58NO8P. The molecule has 1 fully saturated rings. The van der Waals surface area contributed by atoms with E-state index in [4.69, 9.17) is 29.7 Å². The Labute approximate surface area is 277 Å². The monoisotopic (exact) mass is 663 g/mol. The fraction of sp³-hybridized carbons (Fsp3) is 0.722. The average Bonchev–Trinajstić information content (AvgIpc) is 3.45. The molecule has 4 atom stereocenters. The number of benzene rings is 1. The van der Waals surface area contributed by atoms with Gasteiger partial charge in [-0.2, -0.15) is 5.09 Å². The van der Waals surface area contributed by atoms with Crippen LogP contribution in [0.15, 0.2) is 30.3 Å². The number of nitrogens with one attached hydrogen (secondary N) is 1. The van der Waals surface area contributed by atoms with Gasteiger partial charge in [0.2, 0.25) is 0 Å². The summed E-state index contributed by atoms with van der Waals surface area (Å²) < 4.78 is 42.7. The van der Waals surface area contributed by atoms with Gasteiger partial charge in [0.25, 0.3) is 0 Å². The lowest BCUT2D eigenvalue weighted by Gasteiger charge is -2.31. The van der Waals surface area contributed by atoms with E-state index >= 15 is 0 Å². The molecule has 0 amide bonds. The molecule has 0 saturated carbocycles. The van der Waals surface area contributed by atoms with Gasteiger partial charge in [0.15, 0.2) is 5.60 Å². The summed E-state index contributed by atoms with van der Waals surface area (Å²) in [6.07, 6.45) is 20.7. The zero-order valence-corrected chi connectivity index (χ0v) is 29.5. The highest BCUT2D eigenvalue weighted by molar-refractivity contribution is 7.52. The Morgan fingerprint density at radius 3 is 2.20 bits per heavy atom. The van der Waals surface area contributed by atoms with Crippen LogP contribution in [0.4, 0.5) is 0 Å². The number of carbonyl (C=O) groups is 2. The number of hydrogen-bond donors (Lipinski definition) is 1. The lowest BCUT2D eigenvalue weighted by atomic mass is 9.99. The Morgan fingerprint density at radius 1 is 1.00 bits per heavy atom. The van der Waals surface area contributed by atoms with Crippen LogP contribution >= 0.6 is 7.75 Å². The highest BCUT2D eigenvalue weighted by Crippen LogP contribution is 2.47. The van der Waals surface area contributed by atoms with E-state index in [0.29, 0.717) is 12.8 Å². The van der Waals surface area contributed by atoms with Crippen LogP contribution in [0.1, 0.15) is 124 Å². The maximum Gasteiger partial charge on any atom is 0.459 e. The Kier molecular flexibility index (Phi) is 19.3. The van der Waals surface area contributed by atoms with E-state index in [1.165, 1.54) is 58.3 Å². The number of para-hydroxylation sites is 1. The van der Waals surface area contributed by atoms with Crippen LogP contribution in [-0.2, 0) is 32.9 Å². The quantitative estimate of drug-likeness (QED) is 0.0476. The van der Waals surface area contributed by atoms with E-state index in [0.717, 1.165) is 32.1 Å². The van der Waals surface area contributed by atoms with Crippen LogP contribution in [0.5, 0.6) is 5.75 Å². The molecule has 1 aliphatic rings. The van der Waals surface area contributed by atoms with Gasteiger partial charge in [0, 0.05) is 12.8 Å². The third-order valence-electron chi connectivity index (χ3n) is 8.50. The average molecular weight is 664 g/mol. The fourth-order valence-corrected chi connectivity index (χ4v) is 6.84. The number of esters is 2. The van der Waals surface area contributed by atoms with Gasteiger partial charge in [-0.25, -0.2) is 4.57 Å². The molecule has 260 valence electrons. The summed E-state index contributed by atoms with van der Waals surface area (Å²) in [6.45, 7) is 7.97. The van der Waals surface area contributed by atoms with Crippen LogP contribution < -0.4 is 9.61 Å². The van der Waals surface area contributed by atoms with Crippen molar-refractivity contribution in [2.45, 2.75) is 142 Å². The van der Waals surface area contributed by atoms with Crippen molar-refractivity contribution in [2.75, 3.05) is 19.8 Å². The second-order valence-corrected chi connectivity index (χ2v) is 14.0. The minimum atomic E-state index is -4.19. The minimum absolute atomic E-state index is 0.240. The molecule has 2 rings (SSSR count). The smallest absolute Gasteiger partial charge is 0.459 e. The highest BCUT2D eigenvalue weighted by Gasteiger charge is 2.48. The Hall–Kier alpha value is -2.37. The second kappa shape index (κ2) is 22.2. The van der Waals surface area contributed by atoms with E-state index in [-0.39, 0.29) is 37.5 Å². The van der Waals surface area contributed by atoms with Gasteiger partial charge in [-0.15, -0.1) is 6.42 Å². The maximum atomic E-state index is 14.0. The summed E-state index contributed by atoms with van der Waals surface area (Å²) in [4.78, 5) is 25.5. The van der Waals surface area contributed by atoms with Crippen LogP contribution in [0.25, 0.3) is 0 Å². The molecule has 1 heterocycles. The minimum Gasteiger partial charge on any atom is -0.464 e. The van der Waals surface area contributed by atoms with E-state index in [1.54, 1.807) is 30.3 Å². The summed E-state index contributed by atoms with van der Waals surface area (Å²) in [5.41, 5.74) is -1.45. The van der Waals surface area contributed by atoms with Crippen molar-refractivity contribution >= 4 is 19.7 Å². The van der Waals surface area contributed by atoms with Crippen LogP contribution in [-0.4, -0.2) is 49.5 Å². The van der Waals surface area contributed by atoms with Crippen molar-refractivity contribution in [3.8, 4) is 18.1 Å². The SMILES string of the molecule is C#CC1(CO[P@@](=O)(N[C@@H](C)C(=O)OCC(CC)CC)Oc2ccccc2)OCCC1OC(=O)CCCCCCCCCCCCC. The molecule has 9 nitrogen and oxygen atoms in total. The summed E-state index contributed by atoms with van der Waals surface area (Å²) in [5, 5.41) is 2.69. The molecule has 0 spiro atoms. The second-order valence-electron chi connectivity index (χ2n) is 12.3. The first-order chi connectivity index (χ1) is 22.2. The lowest BCUT2D eigenvalue weighted by molar-refractivity contribution is -0.156. The van der Waals surface area contributed by atoms with Gasteiger partial charge in [-0.05, 0) is 31.4 Å². The molecule has 1 N–H and O–H groups in total. The van der Waals surface area contributed by atoms with E-state index < -0.39 is 31.5 Å². The van der Waals surface area contributed by atoms with Gasteiger partial charge in [-0.3, -0.25) is 14.1 Å². The van der Waals surface area contributed by atoms with E-state index in [9.17, 15) is 14.2 Å². The zero-order valence-electron chi connectivity index (χ0n) is 28.6. The number of rotatable bonds is 25. The van der Waals surface area contributed by atoms with Crippen molar-refractivity contribution in [3.05, 3.63) is 30.3 Å². The van der Waals surface area contributed by atoms with Crippen molar-refractivity contribution in [3.63, 3.8) is 0 Å². The molecule has 1 saturated heterocycles. The van der Waals surface area contributed by atoms with Crippen molar-refractivity contribution in [1.29, 1.82) is 0 Å². The molecule has 46 heavy (non-hydrogen) atoms. The van der Waals surface area contributed by atoms with Gasteiger partial charge in [-0.1, -0.05) is 122 Å². The van der Waals surface area contributed by atoms with Gasteiger partial charge < -0.3 is 18.7 Å². The topological polar surface area (TPSA) is 109 Å². The summed E-state index contributed by atoms with van der Waals surface area (Å²) in [7, 11) is -4.19. The first-order valence-corrected chi connectivity index (χ1v) is 19.0. The van der Waals surface area contributed by atoms with Crippen LogP contribution in [0, 0.1) is 18.3 Å². The van der Waals surface area contributed by atoms with E-state index in [2.05, 4.69) is 17.9 Å². The summed E-state index contributed by atoms with van der Waals surface area (Å²) in [6, 6.07) is 7.47. The predicted molar refractivity (Wildman–Crippen MR) is 181 cm³/mol. The number of terminal acetylenes is 1. The lowest BCUT2D eigenvalue weighted by Crippen LogP contribution is -2.45. The molecule has 1 aromatic carbocycles. The maximum absolute atomic E-state index is 14.0. The predicted octanol–water partition coefficient (Wildman–Crippen LogP) is 8.55. The first kappa shape index (κ1) is 39.8. The molecule has 0 bridgehead atoms. The van der Waals surface area contributed by atoms with Gasteiger partial charge in [0.1, 0.15) is 24.5 Å². The molecular weight excluding hydrogens is 605 g/mol. The Balaban J connectivity index is 1.91. The third-order valence-corrected chi connectivity index (χ3v) is 10.1. The van der Waals surface area contributed by atoms with Gasteiger partial charge in [0.05, 0.1) is 13.2 Å². The molecule has 0 aliphatic carbocycles. The molecule has 2 unspecified atom stereocenters. The van der Waals surface area contributed by atoms with Crippen LogP contribution in [0.3, 0.4) is 0 Å². The summed E-state index contributed by atoms with van der Waals surface area (Å²) >= 11 is 0. The normalized spacial score (nSPS) is 19.7. The van der Waals surface area contributed by atoms with Crippen molar-refractivity contribution < 1.29 is 37.4 Å². The number of ether oxygens (including phenoxy) is 3. The standard InChI is InChI=1S/C36H58NO8P/c1-6-10-11-12-13-14-15-16-17-18-22-25-34(38)44-33-26-27-42-36(33,9-4)29-43-46(40,45-32-23-20-19-21-24-32)37-30(5)35(39)41-28-31(7-2)8-3/h4,19-21,23-24,30-31,33H,6-8,10-18,22,25-29H2,1-3,5H3,(H,37,40)/t30-,33?,36?,46-/m0/s1. The molecule has 0 radical (unpaired) electrons. The zero-order chi connectivity index (χ0) is 33.7. The summed E-state index contributed by atoms with van der Waals surface area (Å²) in [5.74, 6) is 2.17. The number of unbranched alkanes of at least 4 members (excludes halogenated alkanes) is 10. The van der Waals surface area contributed by atoms with Crippen molar-refractivity contribution in [2.24, 2.45) is 5.92 Å². The molecule has 1 aliphatic heterocycles. The highest BCUT2D eigenvalue weighted by atomic mass is 31.2. The fourth-order valence-electron chi connectivity index (χ4n) is 5.32. The largest absolute Gasteiger partial charge is 0.464 e. The van der Waals surface area contributed by atoms with Crippen LogP contribution in [0.2, 0.25) is 0 Å². The third kappa shape index (κ3) is 14.6. The van der Waals surface area contributed by atoms with Crippen molar-refractivity contribution in [1.82, 2.24) is 5.09 Å².